The van der Waals surface area contributed by atoms with Crippen LogP contribution in [-0.4, -0.2) is 16.4 Å². The molecule has 7 heteroatoms. The molecule has 0 amide bonds. The van der Waals surface area contributed by atoms with Gasteiger partial charge in [-0.15, -0.1) is 16.5 Å². The van der Waals surface area contributed by atoms with Gasteiger partial charge in [0.25, 0.3) is 11.5 Å². The Balaban J connectivity index is 2.08. The fourth-order valence-corrected chi connectivity index (χ4v) is 2.26. The van der Waals surface area contributed by atoms with Crippen LogP contribution in [0.25, 0.3) is 0 Å². The van der Waals surface area contributed by atoms with Gasteiger partial charge in [0.2, 0.25) is 0 Å². The number of hydrogen-bond acceptors (Lipinski definition) is 5. The van der Waals surface area contributed by atoms with Crippen molar-refractivity contribution in [2.45, 2.75) is 11.8 Å². The number of rotatable bonds is 3. The zero-order chi connectivity index (χ0) is 14.0. The number of nitrogens with two attached hydrogens (primary N) is 1. The molecule has 2 N–H and O–H groups in total. The van der Waals surface area contributed by atoms with Crippen molar-refractivity contribution in [1.29, 1.82) is 0 Å². The largest absolute Gasteiger partial charge is 0.398 e. The lowest BCUT2D eigenvalue weighted by molar-refractivity contribution is 0.0813. The molecule has 2 aromatic rings. The summed E-state index contributed by atoms with van der Waals surface area (Å²) in [4.78, 5) is 23.7. The molecule has 2 rings (SSSR count). The van der Waals surface area contributed by atoms with Crippen molar-refractivity contribution in [3.05, 3.63) is 46.2 Å². The molecular weight excluding hydrogens is 271 g/mol. The van der Waals surface area contributed by atoms with Crippen LogP contribution >= 0.6 is 11.8 Å². The Morgan fingerprint density at radius 2 is 2.21 bits per heavy atom. The molecule has 0 spiro atoms. The molecule has 0 saturated carbocycles. The maximum Gasteiger partial charge on any atom is 0.290 e. The van der Waals surface area contributed by atoms with E-state index in [4.69, 9.17) is 10.3 Å². The monoisotopic (exact) mass is 282 g/mol. The van der Waals surface area contributed by atoms with Gasteiger partial charge in [-0.25, -0.2) is 4.39 Å². The van der Waals surface area contributed by atoms with Crippen LogP contribution in [0.1, 0.15) is 10.6 Å². The van der Waals surface area contributed by atoms with E-state index in [9.17, 15) is 14.0 Å². The first kappa shape index (κ1) is 13.4. The summed E-state index contributed by atoms with van der Waals surface area (Å²) in [6.07, 6.45) is 0. The third kappa shape index (κ3) is 3.05. The normalized spacial score (nSPS) is 10.6. The van der Waals surface area contributed by atoms with Crippen LogP contribution in [0, 0.1) is 12.7 Å². The second-order valence-corrected chi connectivity index (χ2v) is 4.86. The van der Waals surface area contributed by atoms with Crippen LogP contribution in [0.3, 0.4) is 0 Å². The lowest BCUT2D eigenvalue weighted by Gasteiger charge is -2.04. The van der Waals surface area contributed by atoms with E-state index in [-0.39, 0.29) is 11.4 Å². The number of carbonyl (C=O) groups is 1. The molecule has 5 nitrogen and oxygen atoms in total. The quantitative estimate of drug-likeness (QED) is 0.687. The summed E-state index contributed by atoms with van der Waals surface area (Å²) in [6, 6.07) is 5.15. The van der Waals surface area contributed by atoms with Crippen molar-refractivity contribution in [3.8, 4) is 0 Å². The highest BCUT2D eigenvalue weighted by Crippen LogP contribution is 2.25. The highest BCUT2D eigenvalue weighted by Gasteiger charge is 2.13. The third-order valence-electron chi connectivity index (χ3n) is 2.31. The van der Waals surface area contributed by atoms with Crippen molar-refractivity contribution in [2.75, 3.05) is 11.5 Å². The van der Waals surface area contributed by atoms with E-state index in [1.165, 1.54) is 24.3 Å². The summed E-state index contributed by atoms with van der Waals surface area (Å²) >= 11 is 1.12. The Morgan fingerprint density at radius 3 is 2.79 bits per heavy atom. The predicted octanol–water partition coefficient (Wildman–Crippen LogP) is 1.90. The van der Waals surface area contributed by atoms with Crippen molar-refractivity contribution in [1.82, 2.24) is 4.74 Å². The molecule has 1 aromatic heterocycles. The van der Waals surface area contributed by atoms with Gasteiger partial charge in [0.05, 0.1) is 5.75 Å². The summed E-state index contributed by atoms with van der Waals surface area (Å²) in [7, 11) is 0. The Kier molecular flexibility index (Phi) is 3.75. The molecule has 0 aliphatic heterocycles. The maximum atomic E-state index is 12.9. The van der Waals surface area contributed by atoms with Gasteiger partial charge in [-0.2, -0.15) is 0 Å². The number of aromatic nitrogens is 1. The van der Waals surface area contributed by atoms with Crippen molar-refractivity contribution < 1.29 is 13.7 Å². The third-order valence-corrected chi connectivity index (χ3v) is 3.39. The highest BCUT2D eigenvalue weighted by atomic mass is 32.2. The van der Waals surface area contributed by atoms with Crippen LogP contribution in [0.2, 0.25) is 0 Å². The van der Waals surface area contributed by atoms with E-state index in [1.807, 2.05) is 0 Å². The van der Waals surface area contributed by atoms with Gasteiger partial charge < -0.3 is 10.3 Å². The molecule has 0 saturated heterocycles. The minimum absolute atomic E-state index is 0.0251. The number of nitrogen functional groups attached to an aromatic ring is 1. The first-order chi connectivity index (χ1) is 8.97. The Labute approximate surface area is 112 Å². The lowest BCUT2D eigenvalue weighted by atomic mass is 10.3. The molecule has 100 valence electrons. The van der Waals surface area contributed by atoms with Gasteiger partial charge in [0, 0.05) is 16.6 Å². The topological polar surface area (TPSA) is 78.2 Å². The van der Waals surface area contributed by atoms with E-state index in [2.05, 4.69) is 0 Å². The van der Waals surface area contributed by atoms with Crippen LogP contribution in [0.4, 0.5) is 10.1 Å². The van der Waals surface area contributed by atoms with Gasteiger partial charge >= 0.3 is 0 Å². The Morgan fingerprint density at radius 1 is 1.47 bits per heavy atom. The second kappa shape index (κ2) is 5.31. The van der Waals surface area contributed by atoms with E-state index in [0.29, 0.717) is 15.4 Å². The average molecular weight is 282 g/mol. The van der Waals surface area contributed by atoms with Crippen molar-refractivity contribution in [2.24, 2.45) is 0 Å². The van der Waals surface area contributed by atoms with E-state index in [1.54, 1.807) is 6.92 Å². The number of anilines is 1. The zero-order valence-electron chi connectivity index (χ0n) is 10.1. The summed E-state index contributed by atoms with van der Waals surface area (Å²) in [6.45, 7) is 1.58. The minimum atomic E-state index is -0.504. The number of benzene rings is 1. The first-order valence-corrected chi connectivity index (χ1v) is 6.37. The Hall–Kier alpha value is -2.02. The van der Waals surface area contributed by atoms with Crippen LogP contribution in [-0.2, 0) is 0 Å². The van der Waals surface area contributed by atoms with Gasteiger partial charge in [0.1, 0.15) is 11.6 Å². The number of thioether (sulfide) groups is 1. The molecular formula is C12H11FN2O3S. The molecule has 0 radical (unpaired) electrons. The number of halogens is 1. The Bertz CT molecular complexity index is 678. The molecule has 0 aliphatic carbocycles. The van der Waals surface area contributed by atoms with Gasteiger partial charge in [-0.3, -0.25) is 9.59 Å². The fourth-order valence-electron chi connectivity index (χ4n) is 1.47. The predicted molar refractivity (Wildman–Crippen MR) is 69.9 cm³/mol. The van der Waals surface area contributed by atoms with Gasteiger partial charge in [-0.05, 0) is 25.1 Å². The molecule has 19 heavy (non-hydrogen) atoms. The molecule has 0 bridgehead atoms. The zero-order valence-corrected chi connectivity index (χ0v) is 10.9. The van der Waals surface area contributed by atoms with Crippen molar-refractivity contribution in [3.63, 3.8) is 0 Å². The smallest absolute Gasteiger partial charge is 0.290 e. The molecule has 0 atom stereocenters. The summed E-state index contributed by atoms with van der Waals surface area (Å²) in [5.41, 5.74) is 5.36. The van der Waals surface area contributed by atoms with E-state index < -0.39 is 17.3 Å². The standard InChI is InChI=1S/C12H11FN2O3S/c1-7-4-11(16)15(18-7)12(17)6-19-10-3-2-8(13)5-9(10)14/h2-5H,6,14H2,1H3. The second-order valence-electron chi connectivity index (χ2n) is 3.84. The molecule has 0 fully saturated rings. The lowest BCUT2D eigenvalue weighted by Crippen LogP contribution is -2.23. The summed E-state index contributed by atoms with van der Waals surface area (Å²) < 4.78 is 18.5. The number of nitrogens with zero attached hydrogens (tertiary/aromatic N) is 1. The SMILES string of the molecule is Cc1cc(=O)n(C(=O)CSc2ccc(F)cc2N)o1. The molecule has 0 aliphatic rings. The summed E-state index contributed by atoms with van der Waals surface area (Å²) in [5, 5.41) is 0. The van der Waals surface area contributed by atoms with Crippen LogP contribution in [0.15, 0.2) is 38.5 Å². The van der Waals surface area contributed by atoms with E-state index >= 15 is 0 Å². The van der Waals surface area contributed by atoms with E-state index in [0.717, 1.165) is 11.8 Å². The first-order valence-electron chi connectivity index (χ1n) is 5.38. The fraction of sp³-hybridized carbons (Fsp3) is 0.167. The molecule has 0 unspecified atom stereocenters. The van der Waals surface area contributed by atoms with Gasteiger partial charge in [0.15, 0.2) is 0 Å². The van der Waals surface area contributed by atoms with Gasteiger partial charge in [-0.1, -0.05) is 0 Å². The summed E-state index contributed by atoms with van der Waals surface area (Å²) in [5.74, 6) is -0.592. The van der Waals surface area contributed by atoms with Crippen LogP contribution in [0.5, 0.6) is 0 Å². The minimum Gasteiger partial charge on any atom is -0.398 e. The molecule has 1 aromatic carbocycles. The maximum absolute atomic E-state index is 12.9. The highest BCUT2D eigenvalue weighted by molar-refractivity contribution is 8.00. The average Bonchev–Trinajstić information content (AvgIpc) is 2.67. The number of carbonyl (C=O) groups excluding carboxylic acids is 1. The van der Waals surface area contributed by atoms with Crippen LogP contribution < -0.4 is 11.3 Å². The number of hydrogen-bond donors (Lipinski definition) is 1. The molecule has 1 heterocycles. The number of aryl methyl sites for hydroxylation is 1. The van der Waals surface area contributed by atoms with Crippen molar-refractivity contribution >= 4 is 23.4 Å².